The number of halogens is 2. The molecule has 2 aliphatic rings. The Kier molecular flexibility index (Phi) is 6.35. The number of carbonyl (C=O) groups excluding carboxylic acids is 3. The zero-order valence-corrected chi connectivity index (χ0v) is 19.6. The third kappa shape index (κ3) is 4.51. The molecule has 0 bridgehead atoms. The molecule has 184 valence electrons. The normalized spacial score (nSPS) is 21.9. The SMILES string of the molecule is O=C(C[C@@]1(c2cccc(F)c2)CC(=O)N(Cc2cccnc2)C1=O)N1CC[C@H](c2ccc(F)cc2)C1. The quantitative estimate of drug-likeness (QED) is 0.492. The van der Waals surface area contributed by atoms with Crippen LogP contribution < -0.4 is 0 Å². The summed E-state index contributed by atoms with van der Waals surface area (Å²) in [6, 6.07) is 15.3. The largest absolute Gasteiger partial charge is 0.342 e. The molecule has 0 aliphatic carbocycles. The number of pyridine rings is 1. The van der Waals surface area contributed by atoms with E-state index in [1.165, 1.54) is 30.3 Å². The summed E-state index contributed by atoms with van der Waals surface area (Å²) in [6.45, 7) is 0.958. The van der Waals surface area contributed by atoms with E-state index in [-0.39, 0.29) is 37.0 Å². The zero-order chi connectivity index (χ0) is 25.3. The fourth-order valence-electron chi connectivity index (χ4n) is 5.25. The number of hydrogen-bond acceptors (Lipinski definition) is 4. The zero-order valence-electron chi connectivity index (χ0n) is 19.6. The van der Waals surface area contributed by atoms with E-state index in [4.69, 9.17) is 0 Å². The Morgan fingerprint density at radius 1 is 1.03 bits per heavy atom. The molecule has 2 atom stereocenters. The molecule has 1 aromatic heterocycles. The lowest BCUT2D eigenvalue weighted by Gasteiger charge is -2.29. The van der Waals surface area contributed by atoms with Crippen molar-refractivity contribution in [2.45, 2.75) is 37.1 Å². The number of nitrogens with zero attached hydrogens (tertiary/aromatic N) is 3. The summed E-state index contributed by atoms with van der Waals surface area (Å²) in [5, 5.41) is 0. The number of hydrogen-bond donors (Lipinski definition) is 0. The van der Waals surface area contributed by atoms with Crippen molar-refractivity contribution in [3.8, 4) is 0 Å². The Hall–Kier alpha value is -3.94. The summed E-state index contributed by atoms with van der Waals surface area (Å²) in [7, 11) is 0. The lowest BCUT2D eigenvalue weighted by atomic mass is 9.75. The molecule has 0 radical (unpaired) electrons. The third-order valence-electron chi connectivity index (χ3n) is 7.18. The minimum absolute atomic E-state index is 0.0348. The van der Waals surface area contributed by atoms with Crippen molar-refractivity contribution in [1.82, 2.24) is 14.8 Å². The Morgan fingerprint density at radius 2 is 1.83 bits per heavy atom. The molecule has 2 saturated heterocycles. The van der Waals surface area contributed by atoms with Crippen molar-refractivity contribution in [2.24, 2.45) is 0 Å². The molecule has 6 nitrogen and oxygen atoms in total. The van der Waals surface area contributed by atoms with Crippen LogP contribution in [0.1, 0.15) is 41.9 Å². The standard InChI is InChI=1S/C28H25F2N3O3/c29-23-8-6-20(7-9-23)21-10-12-32(18-21)25(34)14-28(22-4-1-5-24(30)13-22)15-26(35)33(27(28)36)17-19-3-2-11-31-16-19/h1-9,11,13,16,21H,10,12,14-15,17-18H2/t21-,28-/m0/s1. The Balaban J connectivity index is 1.40. The highest BCUT2D eigenvalue weighted by molar-refractivity contribution is 6.10. The van der Waals surface area contributed by atoms with Crippen LogP contribution in [-0.4, -0.2) is 45.6 Å². The number of imide groups is 1. The summed E-state index contributed by atoms with van der Waals surface area (Å²) in [6.07, 6.45) is 3.44. The number of likely N-dealkylation sites (tertiary alicyclic amines) is 2. The van der Waals surface area contributed by atoms with E-state index in [1.54, 1.807) is 47.6 Å². The first-order valence-corrected chi connectivity index (χ1v) is 11.9. The van der Waals surface area contributed by atoms with Crippen molar-refractivity contribution in [2.75, 3.05) is 13.1 Å². The van der Waals surface area contributed by atoms with E-state index >= 15 is 0 Å². The van der Waals surface area contributed by atoms with E-state index in [0.717, 1.165) is 10.5 Å². The molecular weight excluding hydrogens is 464 g/mol. The van der Waals surface area contributed by atoms with Gasteiger partial charge in [-0.05, 0) is 53.4 Å². The van der Waals surface area contributed by atoms with Gasteiger partial charge >= 0.3 is 0 Å². The van der Waals surface area contributed by atoms with Crippen molar-refractivity contribution < 1.29 is 23.2 Å². The smallest absolute Gasteiger partial charge is 0.241 e. The van der Waals surface area contributed by atoms with E-state index in [1.807, 2.05) is 0 Å². The molecule has 2 aliphatic heterocycles. The lowest BCUT2D eigenvalue weighted by Crippen LogP contribution is -2.43. The van der Waals surface area contributed by atoms with Crippen molar-refractivity contribution >= 4 is 17.7 Å². The number of benzene rings is 2. The van der Waals surface area contributed by atoms with Crippen LogP contribution in [0.5, 0.6) is 0 Å². The number of rotatable bonds is 6. The van der Waals surface area contributed by atoms with E-state index in [9.17, 15) is 23.2 Å². The molecular formula is C28H25F2N3O3. The first-order chi connectivity index (χ1) is 17.4. The van der Waals surface area contributed by atoms with Crippen LogP contribution in [0.4, 0.5) is 8.78 Å². The maximum atomic E-state index is 14.2. The fourth-order valence-corrected chi connectivity index (χ4v) is 5.25. The summed E-state index contributed by atoms with van der Waals surface area (Å²) in [5.41, 5.74) is 0.465. The van der Waals surface area contributed by atoms with Gasteiger partial charge in [0.05, 0.1) is 12.0 Å². The molecule has 0 N–H and O–H groups in total. The minimum atomic E-state index is -1.48. The summed E-state index contributed by atoms with van der Waals surface area (Å²) in [4.78, 5) is 47.2. The van der Waals surface area contributed by atoms with Crippen LogP contribution in [0.15, 0.2) is 73.1 Å². The van der Waals surface area contributed by atoms with Gasteiger partial charge in [-0.3, -0.25) is 24.3 Å². The van der Waals surface area contributed by atoms with Gasteiger partial charge in [-0.2, -0.15) is 0 Å². The molecule has 0 unspecified atom stereocenters. The molecule has 3 aromatic rings. The molecule has 36 heavy (non-hydrogen) atoms. The van der Waals surface area contributed by atoms with Gasteiger partial charge in [0.2, 0.25) is 17.7 Å². The maximum Gasteiger partial charge on any atom is 0.241 e. The van der Waals surface area contributed by atoms with Crippen LogP contribution in [0.3, 0.4) is 0 Å². The van der Waals surface area contributed by atoms with Crippen molar-refractivity contribution in [3.63, 3.8) is 0 Å². The summed E-state index contributed by atoms with van der Waals surface area (Å²) >= 11 is 0. The molecule has 0 saturated carbocycles. The second-order valence-electron chi connectivity index (χ2n) is 9.47. The van der Waals surface area contributed by atoms with Crippen LogP contribution >= 0.6 is 0 Å². The van der Waals surface area contributed by atoms with Gasteiger partial charge < -0.3 is 4.90 Å². The highest BCUT2D eigenvalue weighted by Gasteiger charge is 2.54. The van der Waals surface area contributed by atoms with Gasteiger partial charge in [0.1, 0.15) is 11.6 Å². The van der Waals surface area contributed by atoms with Crippen LogP contribution in [0, 0.1) is 11.6 Å². The fraction of sp³-hybridized carbons (Fsp3) is 0.286. The first-order valence-electron chi connectivity index (χ1n) is 11.9. The van der Waals surface area contributed by atoms with Crippen LogP contribution in [0.25, 0.3) is 0 Å². The number of aromatic nitrogens is 1. The van der Waals surface area contributed by atoms with E-state index < -0.39 is 23.0 Å². The highest BCUT2D eigenvalue weighted by atomic mass is 19.1. The molecule has 3 amide bonds. The third-order valence-corrected chi connectivity index (χ3v) is 7.18. The molecule has 2 aromatic carbocycles. The maximum absolute atomic E-state index is 14.2. The van der Waals surface area contributed by atoms with Gasteiger partial charge in [0.15, 0.2) is 0 Å². The molecule has 3 heterocycles. The average molecular weight is 490 g/mol. The average Bonchev–Trinajstić information content (AvgIpc) is 3.46. The van der Waals surface area contributed by atoms with Gasteiger partial charge in [0.25, 0.3) is 0 Å². The van der Waals surface area contributed by atoms with Crippen molar-refractivity contribution in [1.29, 1.82) is 0 Å². The topological polar surface area (TPSA) is 70.6 Å². The summed E-state index contributed by atoms with van der Waals surface area (Å²) < 4.78 is 27.5. The highest BCUT2D eigenvalue weighted by Crippen LogP contribution is 2.42. The minimum Gasteiger partial charge on any atom is -0.342 e. The second kappa shape index (κ2) is 9.60. The molecule has 5 rings (SSSR count). The predicted octanol–water partition coefficient (Wildman–Crippen LogP) is 3.96. The Morgan fingerprint density at radius 3 is 2.56 bits per heavy atom. The molecule has 8 heteroatoms. The Labute approximate surface area is 207 Å². The van der Waals surface area contributed by atoms with Gasteiger partial charge in [-0.15, -0.1) is 0 Å². The number of carbonyl (C=O) groups is 3. The molecule has 0 spiro atoms. The lowest BCUT2D eigenvalue weighted by molar-refractivity contribution is -0.143. The van der Waals surface area contributed by atoms with Crippen LogP contribution in [0.2, 0.25) is 0 Å². The second-order valence-corrected chi connectivity index (χ2v) is 9.47. The Bertz CT molecular complexity index is 1300. The van der Waals surface area contributed by atoms with E-state index in [0.29, 0.717) is 30.6 Å². The van der Waals surface area contributed by atoms with E-state index in [2.05, 4.69) is 4.98 Å². The predicted molar refractivity (Wildman–Crippen MR) is 127 cm³/mol. The first kappa shape index (κ1) is 23.8. The van der Waals surface area contributed by atoms with Gasteiger partial charge in [-0.25, -0.2) is 8.78 Å². The van der Waals surface area contributed by atoms with Crippen LogP contribution in [-0.2, 0) is 26.3 Å². The number of amides is 3. The van der Waals surface area contributed by atoms with Gasteiger partial charge in [0, 0.05) is 44.2 Å². The van der Waals surface area contributed by atoms with Crippen molar-refractivity contribution in [3.05, 3.63) is 101 Å². The van der Waals surface area contributed by atoms with Gasteiger partial charge in [-0.1, -0.05) is 30.3 Å². The summed E-state index contributed by atoms with van der Waals surface area (Å²) in [5.74, 6) is -1.99. The monoisotopic (exact) mass is 489 g/mol. The molecule has 2 fully saturated rings.